The van der Waals surface area contributed by atoms with Gasteiger partial charge in [-0.05, 0) is 30.1 Å². The van der Waals surface area contributed by atoms with Gasteiger partial charge in [-0.2, -0.15) is 0 Å². The van der Waals surface area contributed by atoms with E-state index < -0.39 is 0 Å². The minimum Gasteiger partial charge on any atom is -0.284 e. The second kappa shape index (κ2) is 3.08. The first-order valence-electron chi connectivity index (χ1n) is 7.54. The Morgan fingerprint density at radius 2 is 1.18 bits per heavy atom. The topological polar surface area (TPSA) is 6.48 Å². The Kier molecular flexibility index (Phi) is 1.96. The highest BCUT2D eigenvalue weighted by atomic mass is 15.5. The largest absolute Gasteiger partial charge is 0.284 e. The molecule has 0 atom stereocenters. The monoisotopic (exact) mass is 234 g/mol. The minimum absolute atomic E-state index is 0.498. The van der Waals surface area contributed by atoms with Crippen LogP contribution >= 0.6 is 0 Å². The van der Waals surface area contributed by atoms with Crippen molar-refractivity contribution in [3.63, 3.8) is 0 Å². The van der Waals surface area contributed by atoms with Gasteiger partial charge in [-0.25, -0.2) is 0 Å². The molecule has 1 aliphatic carbocycles. The first kappa shape index (κ1) is 10.8. The molecule has 96 valence electrons. The molecule has 0 aromatic rings. The predicted octanol–water partition coefficient (Wildman–Crippen LogP) is 2.69. The van der Waals surface area contributed by atoms with E-state index in [0.29, 0.717) is 16.5 Å². The molecule has 2 nitrogen and oxygen atoms in total. The molecule has 4 heterocycles. The van der Waals surface area contributed by atoms with E-state index in [0.717, 1.165) is 0 Å². The average molecular weight is 234 g/mol. The molecule has 1 spiro atoms. The first-order chi connectivity index (χ1) is 8.04. The summed E-state index contributed by atoms with van der Waals surface area (Å²) in [7, 11) is 0. The lowest BCUT2D eigenvalue weighted by atomic mass is 9.60. The maximum atomic E-state index is 2.89. The van der Waals surface area contributed by atoms with Crippen LogP contribution in [-0.2, 0) is 0 Å². The lowest BCUT2D eigenvalue weighted by molar-refractivity contribution is -0.252. The zero-order valence-corrected chi connectivity index (χ0v) is 11.5. The van der Waals surface area contributed by atoms with Crippen LogP contribution in [0, 0.1) is 10.8 Å². The van der Waals surface area contributed by atoms with Gasteiger partial charge in [-0.3, -0.25) is 9.80 Å². The zero-order valence-electron chi connectivity index (χ0n) is 11.5. The van der Waals surface area contributed by atoms with Crippen molar-refractivity contribution in [3.05, 3.63) is 0 Å². The summed E-state index contributed by atoms with van der Waals surface area (Å²) in [4.78, 5) is 5.78. The summed E-state index contributed by atoms with van der Waals surface area (Å²) < 4.78 is 0. The molecule has 0 unspecified atom stereocenters. The summed E-state index contributed by atoms with van der Waals surface area (Å²) in [6.07, 6.45) is 8.74. The standard InChI is InChI=1S/C15H26N2/c1-13-8-14(2)11-16(9-13)15(17(10-13)12-14)6-4-3-5-7-15/h3-12H2,1-2H3. The fourth-order valence-electron chi connectivity index (χ4n) is 5.85. The molecular formula is C15H26N2. The van der Waals surface area contributed by atoms with Crippen molar-refractivity contribution in [2.24, 2.45) is 10.8 Å². The van der Waals surface area contributed by atoms with E-state index in [9.17, 15) is 0 Å². The number of rotatable bonds is 0. The summed E-state index contributed by atoms with van der Waals surface area (Å²) in [5.41, 5.74) is 1.68. The minimum atomic E-state index is 0.498. The highest BCUT2D eigenvalue weighted by molar-refractivity contribution is 5.13. The average Bonchev–Trinajstić information content (AvgIpc) is 2.24. The van der Waals surface area contributed by atoms with Gasteiger partial charge in [0.25, 0.3) is 0 Å². The number of piperidine rings is 2. The van der Waals surface area contributed by atoms with E-state index in [1.165, 1.54) is 64.7 Å². The third kappa shape index (κ3) is 1.34. The molecule has 0 N–H and O–H groups in total. The molecule has 5 aliphatic rings. The molecule has 2 heteroatoms. The highest BCUT2D eigenvalue weighted by Crippen LogP contribution is 2.56. The SMILES string of the molecule is CC12CN3CC(C)(CN(C1)C31CCCCC1)C2. The van der Waals surface area contributed by atoms with Crippen molar-refractivity contribution in [2.75, 3.05) is 26.2 Å². The first-order valence-corrected chi connectivity index (χ1v) is 7.54. The van der Waals surface area contributed by atoms with Crippen molar-refractivity contribution >= 4 is 0 Å². The van der Waals surface area contributed by atoms with Crippen molar-refractivity contribution in [1.29, 1.82) is 0 Å². The molecule has 0 aromatic heterocycles. The van der Waals surface area contributed by atoms with Gasteiger partial charge in [-0.1, -0.05) is 33.1 Å². The molecule has 0 radical (unpaired) electrons. The van der Waals surface area contributed by atoms with Crippen LogP contribution in [-0.4, -0.2) is 41.6 Å². The molecule has 5 rings (SSSR count). The summed E-state index contributed by atoms with van der Waals surface area (Å²) in [5.74, 6) is 0. The summed E-state index contributed by atoms with van der Waals surface area (Å²) >= 11 is 0. The third-order valence-corrected chi connectivity index (χ3v) is 5.98. The quantitative estimate of drug-likeness (QED) is 0.636. The molecule has 0 amide bonds. The Labute approximate surface area is 105 Å². The fraction of sp³-hybridized carbons (Fsp3) is 1.00. The van der Waals surface area contributed by atoms with E-state index in [1.54, 1.807) is 0 Å². The van der Waals surface area contributed by atoms with Crippen LogP contribution in [0.2, 0.25) is 0 Å². The predicted molar refractivity (Wildman–Crippen MR) is 69.8 cm³/mol. The second-order valence-electron chi connectivity index (χ2n) is 8.05. The number of hydrogen-bond donors (Lipinski definition) is 0. The van der Waals surface area contributed by atoms with Crippen LogP contribution in [0.4, 0.5) is 0 Å². The van der Waals surface area contributed by atoms with E-state index >= 15 is 0 Å². The van der Waals surface area contributed by atoms with Crippen LogP contribution in [0.5, 0.6) is 0 Å². The van der Waals surface area contributed by atoms with Crippen LogP contribution in [0.3, 0.4) is 0 Å². The van der Waals surface area contributed by atoms with Crippen molar-refractivity contribution in [2.45, 2.75) is 58.0 Å². The normalized spacial score (nSPS) is 55.4. The molecule has 0 aromatic carbocycles. The number of nitrogens with zero attached hydrogens (tertiary/aromatic N) is 2. The van der Waals surface area contributed by atoms with Gasteiger partial charge in [0.2, 0.25) is 0 Å². The van der Waals surface area contributed by atoms with Crippen LogP contribution in [0.25, 0.3) is 0 Å². The molecule has 5 fully saturated rings. The van der Waals surface area contributed by atoms with Gasteiger partial charge in [0.15, 0.2) is 0 Å². The zero-order chi connectivity index (χ0) is 11.7. The fourth-order valence-corrected chi connectivity index (χ4v) is 5.85. The van der Waals surface area contributed by atoms with E-state index in [1.807, 2.05) is 0 Å². The summed E-state index contributed by atoms with van der Waals surface area (Å²) in [6, 6.07) is 0. The van der Waals surface area contributed by atoms with E-state index in [-0.39, 0.29) is 0 Å². The van der Waals surface area contributed by atoms with Crippen molar-refractivity contribution in [1.82, 2.24) is 9.80 Å². The maximum Gasteiger partial charge on any atom is 0.0738 e. The van der Waals surface area contributed by atoms with Crippen molar-refractivity contribution < 1.29 is 0 Å². The van der Waals surface area contributed by atoms with Crippen molar-refractivity contribution in [3.8, 4) is 0 Å². The van der Waals surface area contributed by atoms with Crippen LogP contribution in [0.15, 0.2) is 0 Å². The van der Waals surface area contributed by atoms with E-state index in [2.05, 4.69) is 23.6 Å². The van der Waals surface area contributed by atoms with Crippen LogP contribution in [0.1, 0.15) is 52.4 Å². The van der Waals surface area contributed by atoms with Gasteiger partial charge in [0.05, 0.1) is 5.66 Å². The van der Waals surface area contributed by atoms with Gasteiger partial charge in [0, 0.05) is 26.2 Å². The lowest BCUT2D eigenvalue weighted by Gasteiger charge is -2.72. The Balaban J connectivity index is 1.73. The maximum absolute atomic E-state index is 2.89. The van der Waals surface area contributed by atoms with Gasteiger partial charge >= 0.3 is 0 Å². The lowest BCUT2D eigenvalue weighted by Crippen LogP contribution is -2.80. The Hall–Kier alpha value is -0.0800. The molecule has 4 bridgehead atoms. The Bertz CT molecular complexity index is 305. The smallest absolute Gasteiger partial charge is 0.0738 e. The Morgan fingerprint density at radius 3 is 1.65 bits per heavy atom. The summed E-state index contributed by atoms with van der Waals surface area (Å²) in [6.45, 7) is 10.6. The third-order valence-electron chi connectivity index (χ3n) is 5.98. The highest BCUT2D eigenvalue weighted by Gasteiger charge is 2.61. The Morgan fingerprint density at radius 1 is 0.706 bits per heavy atom. The number of hydrogen-bond acceptors (Lipinski definition) is 2. The second-order valence-corrected chi connectivity index (χ2v) is 8.05. The van der Waals surface area contributed by atoms with Gasteiger partial charge < -0.3 is 0 Å². The molecule has 1 saturated carbocycles. The van der Waals surface area contributed by atoms with Gasteiger partial charge in [-0.15, -0.1) is 0 Å². The van der Waals surface area contributed by atoms with E-state index in [4.69, 9.17) is 0 Å². The molecule has 4 saturated heterocycles. The van der Waals surface area contributed by atoms with Crippen LogP contribution < -0.4 is 0 Å². The molecular weight excluding hydrogens is 208 g/mol. The molecule has 4 aliphatic heterocycles. The van der Waals surface area contributed by atoms with Gasteiger partial charge in [0.1, 0.15) is 0 Å². The summed E-state index contributed by atoms with van der Waals surface area (Å²) in [5, 5.41) is 0. The molecule has 17 heavy (non-hydrogen) atoms.